The Balaban J connectivity index is 2.80. The molecule has 96 valence electrons. The average Bonchev–Trinajstić information content (AvgIpc) is 2.27. The summed E-state index contributed by atoms with van der Waals surface area (Å²) in [6.07, 6.45) is 1.06. The van der Waals surface area contributed by atoms with Gasteiger partial charge < -0.3 is 9.47 Å². The van der Waals surface area contributed by atoms with Crippen molar-refractivity contribution in [2.24, 2.45) is 0 Å². The van der Waals surface area contributed by atoms with Crippen LogP contribution >= 0.6 is 0 Å². The van der Waals surface area contributed by atoms with Crippen LogP contribution in [0.2, 0.25) is 0 Å². The molecule has 0 spiro atoms. The van der Waals surface area contributed by atoms with E-state index in [4.69, 9.17) is 4.74 Å². The van der Waals surface area contributed by atoms with Gasteiger partial charge in [0.05, 0.1) is 17.4 Å². The SMILES string of the molecule is C=COC(=O)c1ccc(C(=O)OC(C)(C)C)cc1. The van der Waals surface area contributed by atoms with Gasteiger partial charge in [0.15, 0.2) is 0 Å². The van der Waals surface area contributed by atoms with E-state index in [-0.39, 0.29) is 0 Å². The molecule has 4 nitrogen and oxygen atoms in total. The molecule has 0 fully saturated rings. The number of benzene rings is 1. The molecule has 0 bridgehead atoms. The lowest BCUT2D eigenvalue weighted by molar-refractivity contribution is 0.00691. The van der Waals surface area contributed by atoms with Crippen molar-refractivity contribution in [3.05, 3.63) is 48.2 Å². The lowest BCUT2D eigenvalue weighted by atomic mass is 10.1. The van der Waals surface area contributed by atoms with Gasteiger partial charge in [-0.25, -0.2) is 9.59 Å². The van der Waals surface area contributed by atoms with Gasteiger partial charge in [-0.05, 0) is 45.0 Å². The summed E-state index contributed by atoms with van der Waals surface area (Å²) in [5, 5.41) is 0. The predicted octanol–water partition coefficient (Wildman–Crippen LogP) is 2.94. The van der Waals surface area contributed by atoms with Gasteiger partial charge in [-0.15, -0.1) is 0 Å². The summed E-state index contributed by atoms with van der Waals surface area (Å²) in [7, 11) is 0. The van der Waals surface area contributed by atoms with Gasteiger partial charge in [-0.1, -0.05) is 6.58 Å². The highest BCUT2D eigenvalue weighted by molar-refractivity contribution is 5.93. The van der Waals surface area contributed by atoms with Crippen LogP contribution in [-0.2, 0) is 9.47 Å². The lowest BCUT2D eigenvalue weighted by Crippen LogP contribution is -2.23. The summed E-state index contributed by atoms with van der Waals surface area (Å²) >= 11 is 0. The Labute approximate surface area is 106 Å². The average molecular weight is 248 g/mol. The molecule has 0 unspecified atom stereocenters. The Morgan fingerprint density at radius 1 is 1.06 bits per heavy atom. The van der Waals surface area contributed by atoms with E-state index in [0.717, 1.165) is 6.26 Å². The Morgan fingerprint density at radius 3 is 1.89 bits per heavy atom. The third-order valence-electron chi connectivity index (χ3n) is 1.95. The molecular weight excluding hydrogens is 232 g/mol. The largest absolute Gasteiger partial charge is 0.456 e. The van der Waals surface area contributed by atoms with Gasteiger partial charge in [0.25, 0.3) is 0 Å². The molecule has 0 aromatic heterocycles. The molecule has 0 aliphatic carbocycles. The Bertz CT molecular complexity index is 452. The summed E-state index contributed by atoms with van der Waals surface area (Å²) in [6.45, 7) is 8.67. The molecule has 0 atom stereocenters. The fraction of sp³-hybridized carbons (Fsp3) is 0.286. The van der Waals surface area contributed by atoms with E-state index in [2.05, 4.69) is 11.3 Å². The zero-order valence-corrected chi connectivity index (χ0v) is 10.7. The molecule has 0 heterocycles. The summed E-state index contributed by atoms with van der Waals surface area (Å²) < 4.78 is 9.82. The van der Waals surface area contributed by atoms with Crippen molar-refractivity contribution in [2.45, 2.75) is 26.4 Å². The second-order valence-electron chi connectivity index (χ2n) is 4.65. The van der Waals surface area contributed by atoms with Crippen molar-refractivity contribution in [1.82, 2.24) is 0 Å². The van der Waals surface area contributed by atoms with Crippen molar-refractivity contribution < 1.29 is 19.1 Å². The van der Waals surface area contributed by atoms with Crippen molar-refractivity contribution in [2.75, 3.05) is 0 Å². The quantitative estimate of drug-likeness (QED) is 0.609. The van der Waals surface area contributed by atoms with E-state index in [0.29, 0.717) is 11.1 Å². The van der Waals surface area contributed by atoms with Crippen LogP contribution in [0.1, 0.15) is 41.5 Å². The molecule has 4 heteroatoms. The number of carbonyl (C=O) groups is 2. The number of esters is 2. The highest BCUT2D eigenvalue weighted by Crippen LogP contribution is 2.13. The highest BCUT2D eigenvalue weighted by Gasteiger charge is 2.18. The number of rotatable bonds is 3. The van der Waals surface area contributed by atoms with Gasteiger partial charge in [-0.3, -0.25) is 0 Å². The summed E-state index contributed by atoms with van der Waals surface area (Å²) in [4.78, 5) is 23.1. The summed E-state index contributed by atoms with van der Waals surface area (Å²) in [5.74, 6) is -0.938. The Morgan fingerprint density at radius 2 is 1.50 bits per heavy atom. The van der Waals surface area contributed by atoms with Crippen molar-refractivity contribution in [3.8, 4) is 0 Å². The number of ether oxygens (including phenoxy) is 2. The van der Waals surface area contributed by atoms with Crippen LogP contribution < -0.4 is 0 Å². The zero-order chi connectivity index (χ0) is 13.8. The molecule has 0 aliphatic heterocycles. The van der Waals surface area contributed by atoms with E-state index in [9.17, 15) is 9.59 Å². The van der Waals surface area contributed by atoms with E-state index in [1.807, 2.05) is 0 Å². The maximum absolute atomic E-state index is 11.7. The molecule has 0 saturated carbocycles. The van der Waals surface area contributed by atoms with Crippen LogP contribution in [0.3, 0.4) is 0 Å². The van der Waals surface area contributed by atoms with Crippen LogP contribution in [-0.4, -0.2) is 17.5 Å². The van der Waals surface area contributed by atoms with Crippen LogP contribution in [0, 0.1) is 0 Å². The van der Waals surface area contributed by atoms with E-state index >= 15 is 0 Å². The fourth-order valence-electron chi connectivity index (χ4n) is 1.22. The van der Waals surface area contributed by atoms with E-state index in [1.165, 1.54) is 24.3 Å². The molecule has 0 N–H and O–H groups in total. The summed E-state index contributed by atoms with van der Waals surface area (Å²) in [6, 6.07) is 6.05. The molecule has 0 saturated heterocycles. The van der Waals surface area contributed by atoms with Gasteiger partial charge in [0.1, 0.15) is 5.60 Å². The second kappa shape index (κ2) is 5.49. The van der Waals surface area contributed by atoms with E-state index in [1.54, 1.807) is 20.8 Å². The van der Waals surface area contributed by atoms with Crippen LogP contribution in [0.5, 0.6) is 0 Å². The standard InChI is InChI=1S/C14H16O4/c1-5-17-12(15)10-6-8-11(9-7-10)13(16)18-14(2,3)4/h5-9H,1H2,2-4H3. The number of carbonyl (C=O) groups excluding carboxylic acids is 2. The van der Waals surface area contributed by atoms with E-state index < -0.39 is 17.5 Å². The monoisotopic (exact) mass is 248 g/mol. The van der Waals surface area contributed by atoms with Crippen LogP contribution in [0.25, 0.3) is 0 Å². The summed E-state index contributed by atoms with van der Waals surface area (Å²) in [5.41, 5.74) is 0.194. The first-order valence-corrected chi connectivity index (χ1v) is 5.49. The van der Waals surface area contributed by atoms with Crippen molar-refractivity contribution in [1.29, 1.82) is 0 Å². The highest BCUT2D eigenvalue weighted by atomic mass is 16.6. The third-order valence-corrected chi connectivity index (χ3v) is 1.95. The molecule has 0 radical (unpaired) electrons. The number of hydrogen-bond donors (Lipinski definition) is 0. The molecular formula is C14H16O4. The Kier molecular flexibility index (Phi) is 4.26. The zero-order valence-electron chi connectivity index (χ0n) is 10.7. The minimum Gasteiger partial charge on any atom is -0.456 e. The van der Waals surface area contributed by atoms with Gasteiger partial charge in [0.2, 0.25) is 0 Å². The minimum absolute atomic E-state index is 0.349. The Hall–Kier alpha value is -2.10. The number of hydrogen-bond acceptors (Lipinski definition) is 4. The second-order valence-corrected chi connectivity index (χ2v) is 4.65. The molecule has 18 heavy (non-hydrogen) atoms. The molecule has 1 rings (SSSR count). The van der Waals surface area contributed by atoms with Crippen LogP contribution in [0.15, 0.2) is 37.1 Å². The molecule has 0 aliphatic rings. The smallest absolute Gasteiger partial charge is 0.342 e. The predicted molar refractivity (Wildman–Crippen MR) is 67.2 cm³/mol. The maximum Gasteiger partial charge on any atom is 0.342 e. The molecule has 1 aromatic rings. The first-order chi connectivity index (χ1) is 8.33. The first kappa shape index (κ1) is 14.0. The van der Waals surface area contributed by atoms with Gasteiger partial charge in [0, 0.05) is 0 Å². The maximum atomic E-state index is 11.7. The topological polar surface area (TPSA) is 52.6 Å². The third kappa shape index (κ3) is 4.05. The normalized spacial score (nSPS) is 10.6. The van der Waals surface area contributed by atoms with Crippen molar-refractivity contribution >= 4 is 11.9 Å². The van der Waals surface area contributed by atoms with Gasteiger partial charge >= 0.3 is 11.9 Å². The first-order valence-electron chi connectivity index (χ1n) is 5.49. The van der Waals surface area contributed by atoms with Crippen molar-refractivity contribution in [3.63, 3.8) is 0 Å². The minimum atomic E-state index is -0.544. The van der Waals surface area contributed by atoms with Gasteiger partial charge in [-0.2, -0.15) is 0 Å². The molecule has 1 aromatic carbocycles. The van der Waals surface area contributed by atoms with Crippen LogP contribution in [0.4, 0.5) is 0 Å². The fourth-order valence-corrected chi connectivity index (χ4v) is 1.22. The molecule has 0 amide bonds. The lowest BCUT2D eigenvalue weighted by Gasteiger charge is -2.19.